The zero-order valence-corrected chi connectivity index (χ0v) is 14.0. The van der Waals surface area contributed by atoms with Crippen molar-refractivity contribution < 1.29 is 4.79 Å². The maximum atomic E-state index is 12.4. The molecule has 3 rings (SSSR count). The van der Waals surface area contributed by atoms with Crippen LogP contribution in [0, 0.1) is 0 Å². The van der Waals surface area contributed by atoms with Crippen molar-refractivity contribution in [2.45, 2.75) is 13.3 Å². The Morgan fingerprint density at radius 1 is 1.04 bits per heavy atom. The molecule has 1 aromatic carbocycles. The summed E-state index contributed by atoms with van der Waals surface area (Å²) < 4.78 is 0. The first-order valence-electron chi connectivity index (χ1n) is 8.40. The number of amides is 1. The second-order valence-corrected chi connectivity index (χ2v) is 5.84. The predicted molar refractivity (Wildman–Crippen MR) is 95.1 cm³/mol. The van der Waals surface area contributed by atoms with Crippen molar-refractivity contribution in [2.75, 3.05) is 42.9 Å². The van der Waals surface area contributed by atoms with E-state index in [0.29, 0.717) is 6.42 Å². The molecule has 126 valence electrons. The molecule has 1 saturated heterocycles. The average molecular weight is 325 g/mol. The van der Waals surface area contributed by atoms with Gasteiger partial charge in [-0.3, -0.25) is 4.79 Å². The second-order valence-electron chi connectivity index (χ2n) is 5.84. The molecule has 6 heteroatoms. The standard InChI is InChI=1S/C18H23N5O/c1-2-19-16-8-9-17(21-20-16)22-10-12-23(13-11-22)18(24)14-15-6-4-3-5-7-15/h3-9H,2,10-14H2,1H3,(H,19,20). The monoisotopic (exact) mass is 325 g/mol. The molecule has 1 aliphatic rings. The third kappa shape index (κ3) is 4.01. The Balaban J connectivity index is 1.52. The molecule has 0 spiro atoms. The van der Waals surface area contributed by atoms with Crippen molar-refractivity contribution in [3.8, 4) is 0 Å². The van der Waals surface area contributed by atoms with Crippen LogP contribution in [0.4, 0.5) is 11.6 Å². The summed E-state index contributed by atoms with van der Waals surface area (Å²) >= 11 is 0. The minimum Gasteiger partial charge on any atom is -0.369 e. The lowest BCUT2D eigenvalue weighted by atomic mass is 10.1. The summed E-state index contributed by atoms with van der Waals surface area (Å²) in [6, 6.07) is 13.8. The normalized spacial score (nSPS) is 14.5. The number of anilines is 2. The number of rotatable bonds is 5. The Morgan fingerprint density at radius 2 is 1.79 bits per heavy atom. The highest BCUT2D eigenvalue weighted by Gasteiger charge is 2.22. The Kier molecular flexibility index (Phi) is 5.25. The molecule has 1 amide bonds. The van der Waals surface area contributed by atoms with Crippen molar-refractivity contribution in [3.05, 3.63) is 48.0 Å². The molecule has 1 fully saturated rings. The van der Waals surface area contributed by atoms with E-state index < -0.39 is 0 Å². The molecule has 1 aliphatic heterocycles. The third-order valence-corrected chi connectivity index (χ3v) is 4.16. The molecule has 2 heterocycles. The van der Waals surface area contributed by atoms with Gasteiger partial charge >= 0.3 is 0 Å². The van der Waals surface area contributed by atoms with Gasteiger partial charge < -0.3 is 15.1 Å². The minimum atomic E-state index is 0.189. The van der Waals surface area contributed by atoms with E-state index in [1.807, 2.05) is 54.3 Å². The Bertz CT molecular complexity index is 651. The highest BCUT2D eigenvalue weighted by atomic mass is 16.2. The van der Waals surface area contributed by atoms with Gasteiger partial charge in [-0.05, 0) is 24.6 Å². The summed E-state index contributed by atoms with van der Waals surface area (Å²) in [5.41, 5.74) is 1.06. The van der Waals surface area contributed by atoms with Gasteiger partial charge in [-0.1, -0.05) is 30.3 Å². The van der Waals surface area contributed by atoms with Crippen LogP contribution in [-0.4, -0.2) is 53.7 Å². The third-order valence-electron chi connectivity index (χ3n) is 4.16. The summed E-state index contributed by atoms with van der Waals surface area (Å²) in [6.45, 7) is 5.88. The van der Waals surface area contributed by atoms with Crippen LogP contribution in [0.25, 0.3) is 0 Å². The van der Waals surface area contributed by atoms with Crippen molar-refractivity contribution in [3.63, 3.8) is 0 Å². The van der Waals surface area contributed by atoms with Gasteiger partial charge in [0.2, 0.25) is 5.91 Å². The molecule has 1 N–H and O–H groups in total. The first-order valence-corrected chi connectivity index (χ1v) is 8.40. The zero-order valence-electron chi connectivity index (χ0n) is 14.0. The molecular formula is C18H23N5O. The fourth-order valence-electron chi connectivity index (χ4n) is 2.84. The number of hydrogen-bond acceptors (Lipinski definition) is 5. The Hall–Kier alpha value is -2.63. The van der Waals surface area contributed by atoms with Gasteiger partial charge in [0.25, 0.3) is 0 Å². The van der Waals surface area contributed by atoms with E-state index in [1.54, 1.807) is 0 Å². The molecule has 24 heavy (non-hydrogen) atoms. The lowest BCUT2D eigenvalue weighted by Gasteiger charge is -2.35. The maximum absolute atomic E-state index is 12.4. The van der Waals surface area contributed by atoms with Gasteiger partial charge in [0, 0.05) is 32.7 Å². The van der Waals surface area contributed by atoms with E-state index in [1.165, 1.54) is 0 Å². The second kappa shape index (κ2) is 7.77. The van der Waals surface area contributed by atoms with Crippen molar-refractivity contribution in [2.24, 2.45) is 0 Å². The van der Waals surface area contributed by atoms with E-state index in [9.17, 15) is 4.79 Å². The predicted octanol–water partition coefficient (Wildman–Crippen LogP) is 1.80. The molecule has 0 bridgehead atoms. The first-order chi connectivity index (χ1) is 11.8. The molecule has 0 saturated carbocycles. The minimum absolute atomic E-state index is 0.189. The Labute approximate surface area is 142 Å². The van der Waals surface area contributed by atoms with E-state index >= 15 is 0 Å². The molecule has 0 radical (unpaired) electrons. The SMILES string of the molecule is CCNc1ccc(N2CCN(C(=O)Cc3ccccc3)CC2)nn1. The fraction of sp³-hybridized carbons (Fsp3) is 0.389. The molecule has 0 aliphatic carbocycles. The van der Waals surface area contributed by atoms with E-state index in [2.05, 4.69) is 20.4 Å². The number of aromatic nitrogens is 2. The molecule has 6 nitrogen and oxygen atoms in total. The van der Waals surface area contributed by atoms with Crippen LogP contribution in [0.3, 0.4) is 0 Å². The van der Waals surface area contributed by atoms with E-state index in [0.717, 1.165) is 49.9 Å². The number of nitrogens with one attached hydrogen (secondary N) is 1. The van der Waals surface area contributed by atoms with Gasteiger partial charge in [-0.2, -0.15) is 0 Å². The van der Waals surface area contributed by atoms with Crippen molar-refractivity contribution >= 4 is 17.5 Å². The van der Waals surface area contributed by atoms with Gasteiger partial charge in [-0.15, -0.1) is 10.2 Å². The number of nitrogens with zero attached hydrogens (tertiary/aromatic N) is 4. The van der Waals surface area contributed by atoms with Crippen LogP contribution in [0.1, 0.15) is 12.5 Å². The quantitative estimate of drug-likeness (QED) is 0.908. The summed E-state index contributed by atoms with van der Waals surface area (Å²) in [5.74, 6) is 1.85. The van der Waals surface area contributed by atoms with Gasteiger partial charge in [-0.25, -0.2) is 0 Å². The van der Waals surface area contributed by atoms with Crippen LogP contribution in [0.5, 0.6) is 0 Å². The van der Waals surface area contributed by atoms with Gasteiger partial charge in [0.1, 0.15) is 5.82 Å². The van der Waals surface area contributed by atoms with Gasteiger partial charge in [0.05, 0.1) is 6.42 Å². The van der Waals surface area contributed by atoms with Crippen LogP contribution >= 0.6 is 0 Å². The number of carbonyl (C=O) groups excluding carboxylic acids is 1. The smallest absolute Gasteiger partial charge is 0.227 e. The molecule has 1 aromatic heterocycles. The van der Waals surface area contributed by atoms with Crippen molar-refractivity contribution in [1.29, 1.82) is 0 Å². The molecule has 0 atom stereocenters. The average Bonchev–Trinajstić information content (AvgIpc) is 2.64. The lowest BCUT2D eigenvalue weighted by molar-refractivity contribution is -0.130. The van der Waals surface area contributed by atoms with Crippen molar-refractivity contribution in [1.82, 2.24) is 15.1 Å². The van der Waals surface area contributed by atoms with Crippen LogP contribution < -0.4 is 10.2 Å². The summed E-state index contributed by atoms with van der Waals surface area (Å²) in [6.07, 6.45) is 0.470. The fourth-order valence-corrected chi connectivity index (χ4v) is 2.84. The molecule has 0 unspecified atom stereocenters. The van der Waals surface area contributed by atoms with Crippen LogP contribution in [-0.2, 0) is 11.2 Å². The van der Waals surface area contributed by atoms with Crippen LogP contribution in [0.15, 0.2) is 42.5 Å². The number of piperazine rings is 1. The largest absolute Gasteiger partial charge is 0.369 e. The highest BCUT2D eigenvalue weighted by Crippen LogP contribution is 2.15. The highest BCUT2D eigenvalue weighted by molar-refractivity contribution is 5.79. The number of benzene rings is 1. The van der Waals surface area contributed by atoms with Crippen LogP contribution in [0.2, 0.25) is 0 Å². The van der Waals surface area contributed by atoms with E-state index in [-0.39, 0.29) is 5.91 Å². The molecule has 2 aromatic rings. The van der Waals surface area contributed by atoms with Gasteiger partial charge in [0.15, 0.2) is 5.82 Å². The Morgan fingerprint density at radius 3 is 2.42 bits per heavy atom. The number of hydrogen-bond donors (Lipinski definition) is 1. The summed E-state index contributed by atoms with van der Waals surface area (Å²) in [5, 5.41) is 11.6. The number of carbonyl (C=O) groups is 1. The zero-order chi connectivity index (χ0) is 16.8. The lowest BCUT2D eigenvalue weighted by Crippen LogP contribution is -2.49. The summed E-state index contributed by atoms with van der Waals surface area (Å²) in [7, 11) is 0. The topological polar surface area (TPSA) is 61.4 Å². The maximum Gasteiger partial charge on any atom is 0.227 e. The summed E-state index contributed by atoms with van der Waals surface area (Å²) in [4.78, 5) is 16.5. The first kappa shape index (κ1) is 16.2. The van der Waals surface area contributed by atoms with E-state index in [4.69, 9.17) is 0 Å². The molecular weight excluding hydrogens is 302 g/mol.